The van der Waals surface area contributed by atoms with Crippen LogP contribution in [-0.4, -0.2) is 56.9 Å². The second-order valence-corrected chi connectivity index (χ2v) is 7.45. The molecule has 0 spiro atoms. The van der Waals surface area contributed by atoms with Crippen molar-refractivity contribution in [2.45, 2.75) is 43.5 Å². The van der Waals surface area contributed by atoms with E-state index in [2.05, 4.69) is 5.32 Å². The molecule has 0 amide bonds. The number of ether oxygens (including phenoxy) is 1. The van der Waals surface area contributed by atoms with Crippen LogP contribution in [0.15, 0.2) is 0 Å². The van der Waals surface area contributed by atoms with Crippen LogP contribution in [0, 0.1) is 0 Å². The summed E-state index contributed by atoms with van der Waals surface area (Å²) >= 11 is 0. The molecule has 0 aromatic carbocycles. The van der Waals surface area contributed by atoms with Gasteiger partial charge in [-0.15, -0.1) is 0 Å². The SMILES string of the molecule is COCC(C)S(=O)(=O)N1CCC2CCC(C1)N2. The summed E-state index contributed by atoms with van der Waals surface area (Å²) in [4.78, 5) is 0. The van der Waals surface area contributed by atoms with Crippen molar-refractivity contribution in [3.05, 3.63) is 0 Å². The maximum Gasteiger partial charge on any atom is 0.219 e. The fraction of sp³-hybridized carbons (Fsp3) is 1.00. The van der Waals surface area contributed by atoms with Crippen molar-refractivity contribution in [1.82, 2.24) is 9.62 Å². The molecule has 0 aliphatic carbocycles. The molecule has 2 saturated heterocycles. The zero-order valence-corrected chi connectivity index (χ0v) is 11.4. The molecule has 1 N–H and O–H groups in total. The van der Waals surface area contributed by atoms with Crippen molar-refractivity contribution < 1.29 is 13.2 Å². The van der Waals surface area contributed by atoms with Crippen LogP contribution in [0.25, 0.3) is 0 Å². The van der Waals surface area contributed by atoms with Crippen molar-refractivity contribution in [1.29, 1.82) is 0 Å². The van der Waals surface area contributed by atoms with Crippen molar-refractivity contribution in [3.8, 4) is 0 Å². The summed E-state index contributed by atoms with van der Waals surface area (Å²) in [5, 5.41) is 3.03. The maximum absolute atomic E-state index is 12.3. The third kappa shape index (κ3) is 2.81. The molecule has 6 heteroatoms. The van der Waals surface area contributed by atoms with Gasteiger partial charge in [-0.1, -0.05) is 0 Å². The van der Waals surface area contributed by atoms with Gasteiger partial charge < -0.3 is 10.1 Å². The van der Waals surface area contributed by atoms with Gasteiger partial charge in [0.25, 0.3) is 0 Å². The average Bonchev–Trinajstić information content (AvgIpc) is 2.58. The Hall–Kier alpha value is -0.170. The normalized spacial score (nSPS) is 32.4. The van der Waals surface area contributed by atoms with Crippen LogP contribution in [0.4, 0.5) is 0 Å². The van der Waals surface area contributed by atoms with Gasteiger partial charge >= 0.3 is 0 Å². The van der Waals surface area contributed by atoms with Crippen LogP contribution in [0.1, 0.15) is 26.2 Å². The van der Waals surface area contributed by atoms with Crippen LogP contribution in [0.5, 0.6) is 0 Å². The van der Waals surface area contributed by atoms with E-state index >= 15 is 0 Å². The predicted molar refractivity (Wildman–Crippen MR) is 66.4 cm³/mol. The molecule has 2 aliphatic heterocycles. The quantitative estimate of drug-likeness (QED) is 0.785. The largest absolute Gasteiger partial charge is 0.383 e. The lowest BCUT2D eigenvalue weighted by Crippen LogP contribution is -2.44. The minimum Gasteiger partial charge on any atom is -0.383 e. The fourth-order valence-corrected chi connectivity index (χ4v) is 4.28. The Morgan fingerprint density at radius 3 is 2.76 bits per heavy atom. The summed E-state index contributed by atoms with van der Waals surface area (Å²) in [5.41, 5.74) is 0. The second-order valence-electron chi connectivity index (χ2n) is 5.10. The van der Waals surface area contributed by atoms with E-state index in [1.807, 2.05) is 0 Å². The molecule has 0 aromatic rings. The first-order valence-electron chi connectivity index (χ1n) is 6.28. The molecule has 3 atom stereocenters. The Kier molecular flexibility index (Phi) is 4.07. The van der Waals surface area contributed by atoms with Gasteiger partial charge in [0.05, 0.1) is 11.9 Å². The molecule has 17 heavy (non-hydrogen) atoms. The molecule has 2 bridgehead atoms. The van der Waals surface area contributed by atoms with Crippen molar-refractivity contribution in [2.24, 2.45) is 0 Å². The molecule has 2 heterocycles. The van der Waals surface area contributed by atoms with Crippen LogP contribution in [0.3, 0.4) is 0 Å². The highest BCUT2D eigenvalue weighted by Gasteiger charge is 2.36. The standard InChI is InChI=1S/C11H22N2O3S/c1-9(8-16-2)17(14,15)13-6-5-10-3-4-11(7-13)12-10/h9-12H,3-8H2,1-2H3. The first kappa shape index (κ1) is 13.3. The molecule has 0 saturated carbocycles. The predicted octanol–water partition coefficient (Wildman–Crippen LogP) is 0.177. The van der Waals surface area contributed by atoms with Gasteiger partial charge in [-0.25, -0.2) is 12.7 Å². The Bertz CT molecular complexity index is 358. The minimum absolute atomic E-state index is 0.264. The number of sulfonamides is 1. The number of nitrogens with one attached hydrogen (secondary N) is 1. The van der Waals surface area contributed by atoms with Crippen molar-refractivity contribution in [3.63, 3.8) is 0 Å². The van der Waals surface area contributed by atoms with Crippen LogP contribution < -0.4 is 5.32 Å². The van der Waals surface area contributed by atoms with Crippen LogP contribution >= 0.6 is 0 Å². The van der Waals surface area contributed by atoms with Gasteiger partial charge in [0.1, 0.15) is 0 Å². The van der Waals surface area contributed by atoms with Crippen LogP contribution in [-0.2, 0) is 14.8 Å². The highest BCUT2D eigenvalue weighted by Crippen LogP contribution is 2.23. The van der Waals surface area contributed by atoms with Gasteiger partial charge in [-0.3, -0.25) is 0 Å². The van der Waals surface area contributed by atoms with Crippen LogP contribution in [0.2, 0.25) is 0 Å². The van der Waals surface area contributed by atoms with E-state index in [9.17, 15) is 8.42 Å². The Balaban J connectivity index is 2.06. The molecule has 100 valence electrons. The third-order valence-corrected chi connectivity index (χ3v) is 5.96. The summed E-state index contributed by atoms with van der Waals surface area (Å²) < 4.78 is 31.2. The summed E-state index contributed by atoms with van der Waals surface area (Å²) in [5.74, 6) is 0. The first-order valence-corrected chi connectivity index (χ1v) is 7.78. The maximum atomic E-state index is 12.3. The zero-order valence-electron chi connectivity index (χ0n) is 10.6. The lowest BCUT2D eigenvalue weighted by Gasteiger charge is -2.26. The lowest BCUT2D eigenvalue weighted by molar-refractivity contribution is 0.198. The lowest BCUT2D eigenvalue weighted by atomic mass is 10.1. The Labute approximate surface area is 104 Å². The smallest absolute Gasteiger partial charge is 0.219 e. The van der Waals surface area contributed by atoms with Crippen molar-refractivity contribution >= 4 is 10.0 Å². The number of hydrogen-bond donors (Lipinski definition) is 1. The second kappa shape index (κ2) is 5.22. The number of hydrogen-bond acceptors (Lipinski definition) is 4. The first-order chi connectivity index (χ1) is 8.04. The van der Waals surface area contributed by atoms with E-state index < -0.39 is 15.3 Å². The van der Waals surface area contributed by atoms with E-state index in [4.69, 9.17) is 4.74 Å². The zero-order chi connectivity index (χ0) is 12.5. The molecule has 2 fully saturated rings. The van der Waals surface area contributed by atoms with E-state index in [0.29, 0.717) is 25.2 Å². The molecular formula is C11H22N2O3S. The Morgan fingerprint density at radius 1 is 1.35 bits per heavy atom. The topological polar surface area (TPSA) is 58.6 Å². The Morgan fingerprint density at radius 2 is 2.06 bits per heavy atom. The monoisotopic (exact) mass is 262 g/mol. The minimum atomic E-state index is -3.20. The summed E-state index contributed by atoms with van der Waals surface area (Å²) in [6, 6.07) is 0.852. The van der Waals surface area contributed by atoms with Gasteiger partial charge in [0.15, 0.2) is 0 Å². The summed E-state index contributed by atoms with van der Waals surface area (Å²) in [7, 11) is -1.66. The fourth-order valence-electron chi connectivity index (χ4n) is 2.72. The van der Waals surface area contributed by atoms with Gasteiger partial charge in [0, 0.05) is 32.3 Å². The molecular weight excluding hydrogens is 240 g/mol. The number of methoxy groups -OCH3 is 1. The van der Waals surface area contributed by atoms with Gasteiger partial charge in [-0.05, 0) is 26.2 Å². The number of rotatable bonds is 4. The molecule has 0 aromatic heterocycles. The van der Waals surface area contributed by atoms with E-state index in [-0.39, 0.29) is 6.61 Å². The highest BCUT2D eigenvalue weighted by atomic mass is 32.2. The van der Waals surface area contributed by atoms with Crippen molar-refractivity contribution in [2.75, 3.05) is 26.8 Å². The third-order valence-electron chi connectivity index (χ3n) is 3.76. The molecule has 0 radical (unpaired) electrons. The molecule has 5 nitrogen and oxygen atoms in total. The number of fused-ring (bicyclic) bond motifs is 2. The van der Waals surface area contributed by atoms with E-state index in [0.717, 1.165) is 12.8 Å². The average molecular weight is 262 g/mol. The van der Waals surface area contributed by atoms with Gasteiger partial charge in [0.2, 0.25) is 10.0 Å². The molecule has 3 unspecified atom stereocenters. The van der Waals surface area contributed by atoms with Gasteiger partial charge in [-0.2, -0.15) is 0 Å². The number of nitrogens with zero attached hydrogens (tertiary/aromatic N) is 1. The summed E-state index contributed by atoms with van der Waals surface area (Å²) in [6.07, 6.45) is 3.21. The summed E-state index contributed by atoms with van der Waals surface area (Å²) in [6.45, 7) is 3.24. The van der Waals surface area contributed by atoms with E-state index in [1.54, 1.807) is 11.2 Å². The highest BCUT2D eigenvalue weighted by molar-refractivity contribution is 7.89. The molecule has 2 aliphatic rings. The van der Waals surface area contributed by atoms with E-state index in [1.165, 1.54) is 13.5 Å². The molecule has 2 rings (SSSR count).